The van der Waals surface area contributed by atoms with Crippen molar-refractivity contribution < 1.29 is 4.39 Å². The van der Waals surface area contributed by atoms with Crippen LogP contribution in [0, 0.1) is 5.82 Å². The third-order valence-corrected chi connectivity index (χ3v) is 4.97. The number of nitrogens with one attached hydrogen (secondary N) is 1. The second-order valence-electron chi connectivity index (χ2n) is 4.84. The van der Waals surface area contributed by atoms with Gasteiger partial charge in [0.05, 0.1) is 6.04 Å². The Labute approximate surface area is 135 Å². The van der Waals surface area contributed by atoms with Crippen LogP contribution in [0.5, 0.6) is 0 Å². The highest BCUT2D eigenvalue weighted by Crippen LogP contribution is 2.35. The van der Waals surface area contributed by atoms with Crippen molar-refractivity contribution in [1.82, 2.24) is 5.32 Å². The van der Waals surface area contributed by atoms with Gasteiger partial charge < -0.3 is 5.32 Å². The Balaban J connectivity index is 2.15. The molecule has 0 radical (unpaired) electrons. The topological polar surface area (TPSA) is 12.0 Å². The van der Waals surface area contributed by atoms with Gasteiger partial charge in [0.25, 0.3) is 0 Å². The zero-order chi connectivity index (χ0) is 14.8. The summed E-state index contributed by atoms with van der Waals surface area (Å²) in [5, 5.41) is 6.72. The van der Waals surface area contributed by atoms with E-state index in [2.05, 4.69) is 38.8 Å². The van der Waals surface area contributed by atoms with Crippen LogP contribution >= 0.6 is 27.3 Å². The first-order chi connectivity index (χ1) is 10.2. The summed E-state index contributed by atoms with van der Waals surface area (Å²) in [5.74, 6) is -0.181. The normalized spacial score (nSPS) is 12.7. The highest BCUT2D eigenvalue weighted by Gasteiger charge is 2.20. The molecule has 0 aliphatic rings. The molecule has 1 heterocycles. The zero-order valence-electron chi connectivity index (χ0n) is 11.6. The molecule has 0 aliphatic carbocycles. The van der Waals surface area contributed by atoms with Crippen LogP contribution in [-0.4, -0.2) is 6.54 Å². The summed E-state index contributed by atoms with van der Waals surface area (Å²) in [4.78, 5) is 0. The predicted octanol–water partition coefficient (Wildman–Crippen LogP) is 5.50. The number of hydrogen-bond acceptors (Lipinski definition) is 2. The predicted molar refractivity (Wildman–Crippen MR) is 91.4 cm³/mol. The molecule has 1 aromatic heterocycles. The first-order valence-electron chi connectivity index (χ1n) is 6.85. The van der Waals surface area contributed by atoms with E-state index in [-0.39, 0.29) is 11.9 Å². The van der Waals surface area contributed by atoms with Gasteiger partial charge in [-0.2, -0.15) is 0 Å². The lowest BCUT2D eigenvalue weighted by molar-refractivity contribution is 0.561. The number of thiophene rings is 1. The fourth-order valence-electron chi connectivity index (χ4n) is 2.55. The lowest BCUT2D eigenvalue weighted by Gasteiger charge is -2.19. The molecule has 1 nitrogen and oxygen atoms in total. The van der Waals surface area contributed by atoms with Crippen molar-refractivity contribution in [2.75, 3.05) is 6.54 Å². The summed E-state index contributed by atoms with van der Waals surface area (Å²) >= 11 is 5.14. The number of benzene rings is 2. The molecule has 2 aromatic carbocycles. The molecule has 3 rings (SSSR count). The Kier molecular flexibility index (Phi) is 4.38. The van der Waals surface area contributed by atoms with E-state index < -0.39 is 0 Å². The maximum absolute atomic E-state index is 14.3. The number of fused-ring (bicyclic) bond motifs is 1. The van der Waals surface area contributed by atoms with Crippen LogP contribution in [0.4, 0.5) is 4.39 Å². The average molecular weight is 364 g/mol. The number of hydrogen-bond donors (Lipinski definition) is 1. The standard InChI is InChI=1S/C17H15BrFNS/c1-2-20-17(13-9-11(18)7-8-15(13)19)14-10-21-16-6-4-3-5-12(14)16/h3-10,17,20H,2H2,1H3. The van der Waals surface area contributed by atoms with Crippen molar-refractivity contribution >= 4 is 37.4 Å². The van der Waals surface area contributed by atoms with E-state index in [0.29, 0.717) is 5.56 Å². The smallest absolute Gasteiger partial charge is 0.128 e. The van der Waals surface area contributed by atoms with Crippen LogP contribution in [0.2, 0.25) is 0 Å². The Morgan fingerprint density at radius 1 is 1.19 bits per heavy atom. The van der Waals surface area contributed by atoms with Gasteiger partial charge in [0.1, 0.15) is 5.82 Å². The number of rotatable bonds is 4. The van der Waals surface area contributed by atoms with Gasteiger partial charge in [0.15, 0.2) is 0 Å². The third kappa shape index (κ3) is 2.89. The fraction of sp³-hybridized carbons (Fsp3) is 0.176. The van der Waals surface area contributed by atoms with E-state index >= 15 is 0 Å². The lowest BCUT2D eigenvalue weighted by Crippen LogP contribution is -2.22. The molecule has 0 spiro atoms. The molecule has 3 aromatic rings. The Hall–Kier alpha value is -1.23. The van der Waals surface area contributed by atoms with Crippen LogP contribution in [0.25, 0.3) is 10.1 Å². The molecule has 0 saturated carbocycles. The van der Waals surface area contributed by atoms with E-state index in [1.165, 1.54) is 16.2 Å². The lowest BCUT2D eigenvalue weighted by atomic mass is 9.97. The van der Waals surface area contributed by atoms with Crippen molar-refractivity contribution in [3.8, 4) is 0 Å². The SMILES string of the molecule is CCNC(c1cc(Br)ccc1F)c1csc2ccccc12. The van der Waals surface area contributed by atoms with Gasteiger partial charge in [0, 0.05) is 14.7 Å². The summed E-state index contributed by atoms with van der Waals surface area (Å²) in [6.45, 7) is 2.82. The second-order valence-corrected chi connectivity index (χ2v) is 6.67. The summed E-state index contributed by atoms with van der Waals surface area (Å²) in [7, 11) is 0. The Bertz CT molecular complexity index is 768. The Morgan fingerprint density at radius 2 is 2.00 bits per heavy atom. The maximum atomic E-state index is 14.3. The largest absolute Gasteiger partial charge is 0.306 e. The molecule has 0 aliphatic heterocycles. The van der Waals surface area contributed by atoms with E-state index in [1.807, 2.05) is 25.1 Å². The average Bonchev–Trinajstić information content (AvgIpc) is 2.91. The highest BCUT2D eigenvalue weighted by atomic mass is 79.9. The Morgan fingerprint density at radius 3 is 2.81 bits per heavy atom. The molecule has 1 unspecified atom stereocenters. The molecule has 21 heavy (non-hydrogen) atoms. The molecule has 0 saturated heterocycles. The van der Waals surface area contributed by atoms with Gasteiger partial charge in [-0.25, -0.2) is 4.39 Å². The van der Waals surface area contributed by atoms with Crippen LogP contribution in [0.1, 0.15) is 24.1 Å². The van der Waals surface area contributed by atoms with Crippen molar-refractivity contribution in [2.24, 2.45) is 0 Å². The zero-order valence-corrected chi connectivity index (χ0v) is 14.0. The van der Waals surface area contributed by atoms with Crippen molar-refractivity contribution in [3.05, 3.63) is 69.3 Å². The minimum absolute atomic E-state index is 0.136. The van der Waals surface area contributed by atoms with E-state index in [4.69, 9.17) is 0 Å². The van der Waals surface area contributed by atoms with E-state index in [0.717, 1.165) is 16.6 Å². The van der Waals surface area contributed by atoms with Crippen molar-refractivity contribution in [1.29, 1.82) is 0 Å². The summed E-state index contributed by atoms with van der Waals surface area (Å²) in [6, 6.07) is 13.2. The van der Waals surface area contributed by atoms with Crippen molar-refractivity contribution in [2.45, 2.75) is 13.0 Å². The molecule has 108 valence electrons. The van der Waals surface area contributed by atoms with Crippen LogP contribution in [0.15, 0.2) is 52.3 Å². The van der Waals surface area contributed by atoms with Crippen LogP contribution in [0.3, 0.4) is 0 Å². The van der Waals surface area contributed by atoms with Gasteiger partial charge in [-0.3, -0.25) is 0 Å². The maximum Gasteiger partial charge on any atom is 0.128 e. The summed E-state index contributed by atoms with van der Waals surface area (Å²) in [5.41, 5.74) is 1.81. The van der Waals surface area contributed by atoms with E-state index in [9.17, 15) is 4.39 Å². The first-order valence-corrected chi connectivity index (χ1v) is 8.52. The van der Waals surface area contributed by atoms with Crippen molar-refractivity contribution in [3.63, 3.8) is 0 Å². The monoisotopic (exact) mass is 363 g/mol. The molecular weight excluding hydrogens is 349 g/mol. The first kappa shape index (κ1) is 14.7. The van der Waals surface area contributed by atoms with Gasteiger partial charge in [-0.15, -0.1) is 11.3 Å². The molecule has 0 amide bonds. The van der Waals surface area contributed by atoms with E-state index in [1.54, 1.807) is 17.4 Å². The van der Waals surface area contributed by atoms with Crippen LogP contribution < -0.4 is 5.32 Å². The summed E-state index contributed by atoms with van der Waals surface area (Å²) < 4.78 is 16.4. The van der Waals surface area contributed by atoms with Gasteiger partial charge in [-0.05, 0) is 47.1 Å². The fourth-order valence-corrected chi connectivity index (χ4v) is 3.92. The molecular formula is C17H15BrFNS. The van der Waals surface area contributed by atoms with Gasteiger partial charge >= 0.3 is 0 Å². The second kappa shape index (κ2) is 6.26. The third-order valence-electron chi connectivity index (χ3n) is 3.50. The van der Waals surface area contributed by atoms with Crippen LogP contribution in [-0.2, 0) is 0 Å². The highest BCUT2D eigenvalue weighted by molar-refractivity contribution is 9.10. The minimum atomic E-state index is -0.181. The van der Waals surface area contributed by atoms with Gasteiger partial charge in [-0.1, -0.05) is 41.1 Å². The molecule has 1 N–H and O–H groups in total. The quantitative estimate of drug-likeness (QED) is 0.644. The molecule has 1 atom stereocenters. The molecule has 0 bridgehead atoms. The number of halogens is 2. The minimum Gasteiger partial charge on any atom is -0.306 e. The summed E-state index contributed by atoms with van der Waals surface area (Å²) in [6.07, 6.45) is 0. The van der Waals surface area contributed by atoms with Gasteiger partial charge in [0.2, 0.25) is 0 Å². The molecule has 0 fully saturated rings. The molecule has 4 heteroatoms.